The Balaban J connectivity index is 1.33. The van der Waals surface area contributed by atoms with Gasteiger partial charge in [-0.05, 0) is 56.2 Å². The topological polar surface area (TPSA) is 49.4 Å². The quantitative estimate of drug-likeness (QED) is 0.792. The maximum atomic E-state index is 12.4. The van der Waals surface area contributed by atoms with Gasteiger partial charge in [-0.15, -0.1) is 0 Å². The third-order valence-corrected chi connectivity index (χ3v) is 5.59. The van der Waals surface area contributed by atoms with Crippen molar-refractivity contribution in [2.45, 2.75) is 39.0 Å². The highest BCUT2D eigenvalue weighted by Crippen LogP contribution is 2.23. The van der Waals surface area contributed by atoms with Crippen LogP contribution >= 0.6 is 0 Å². The number of hydrogen-bond donors (Lipinski definition) is 1. The lowest BCUT2D eigenvalue weighted by molar-refractivity contribution is -0.132. The van der Waals surface area contributed by atoms with Gasteiger partial charge in [0.25, 0.3) is 5.91 Å². The molecule has 0 spiro atoms. The van der Waals surface area contributed by atoms with E-state index in [1.54, 1.807) is 12.1 Å². The van der Waals surface area contributed by atoms with Crippen LogP contribution in [-0.2, 0) is 11.2 Å². The van der Waals surface area contributed by atoms with Gasteiger partial charge in [0.15, 0.2) is 0 Å². The zero-order valence-corrected chi connectivity index (χ0v) is 16.7. The molecule has 0 radical (unpaired) electrons. The van der Waals surface area contributed by atoms with Crippen molar-refractivity contribution in [2.24, 2.45) is 5.92 Å². The van der Waals surface area contributed by atoms with Crippen LogP contribution in [0.4, 0.5) is 0 Å². The van der Waals surface area contributed by atoms with Crippen molar-refractivity contribution in [1.29, 1.82) is 0 Å². The summed E-state index contributed by atoms with van der Waals surface area (Å²) in [4.78, 5) is 26.4. The number of likely N-dealkylation sites (tertiary alicyclic amines) is 1. The zero-order chi connectivity index (χ0) is 19.8. The Morgan fingerprint density at radius 3 is 2.36 bits per heavy atom. The van der Waals surface area contributed by atoms with E-state index in [1.165, 1.54) is 17.5 Å². The minimum Gasteiger partial charge on any atom is -0.352 e. The monoisotopic (exact) mass is 378 g/mol. The molecule has 3 rings (SSSR count). The molecule has 2 amide bonds. The summed E-state index contributed by atoms with van der Waals surface area (Å²) in [7, 11) is 0. The molecule has 1 aliphatic rings. The van der Waals surface area contributed by atoms with Gasteiger partial charge in [-0.2, -0.15) is 0 Å². The van der Waals surface area contributed by atoms with Gasteiger partial charge in [0.1, 0.15) is 0 Å². The summed E-state index contributed by atoms with van der Waals surface area (Å²) < 4.78 is 0. The van der Waals surface area contributed by atoms with Crippen molar-refractivity contribution in [3.05, 3.63) is 71.3 Å². The minimum absolute atomic E-state index is 0.122. The molecule has 2 aromatic rings. The molecule has 4 nitrogen and oxygen atoms in total. The highest BCUT2D eigenvalue weighted by molar-refractivity contribution is 5.94. The molecule has 1 N–H and O–H groups in total. The van der Waals surface area contributed by atoms with Gasteiger partial charge < -0.3 is 10.2 Å². The molecule has 4 heteroatoms. The summed E-state index contributed by atoms with van der Waals surface area (Å²) in [5.41, 5.74) is 3.33. The van der Waals surface area contributed by atoms with E-state index in [2.05, 4.69) is 36.5 Å². The third kappa shape index (κ3) is 5.95. The van der Waals surface area contributed by atoms with Crippen LogP contribution < -0.4 is 5.32 Å². The molecular formula is C24H30N2O2. The first-order valence-electron chi connectivity index (χ1n) is 10.3. The van der Waals surface area contributed by atoms with E-state index in [9.17, 15) is 9.59 Å². The van der Waals surface area contributed by atoms with Crippen LogP contribution in [0.25, 0.3) is 0 Å². The first-order chi connectivity index (χ1) is 13.6. The molecule has 0 aliphatic carbocycles. The van der Waals surface area contributed by atoms with Crippen LogP contribution in [0.3, 0.4) is 0 Å². The molecule has 0 saturated carbocycles. The van der Waals surface area contributed by atoms with Gasteiger partial charge in [-0.3, -0.25) is 9.59 Å². The summed E-state index contributed by atoms with van der Waals surface area (Å²) in [5, 5.41) is 2.83. The molecule has 0 atom stereocenters. The highest BCUT2D eigenvalue weighted by Gasteiger charge is 2.22. The average Bonchev–Trinajstić information content (AvgIpc) is 2.74. The standard InChI is InChI=1S/C24H30N2O2/c1-19-7-9-20(10-8-19)11-12-21-14-17-26(18-15-21)23(27)13-16-25-24(28)22-5-3-2-4-6-22/h2-10,21H,11-18H2,1H3,(H,25,28). The molecule has 0 unspecified atom stereocenters. The number of aryl methyl sites for hydroxylation is 2. The predicted molar refractivity (Wildman–Crippen MR) is 112 cm³/mol. The van der Waals surface area contributed by atoms with E-state index in [4.69, 9.17) is 0 Å². The Labute approximate surface area is 167 Å². The number of hydrogen-bond acceptors (Lipinski definition) is 2. The number of carbonyl (C=O) groups excluding carboxylic acids is 2. The van der Waals surface area contributed by atoms with E-state index in [0.717, 1.165) is 32.4 Å². The van der Waals surface area contributed by atoms with Gasteiger partial charge in [0, 0.05) is 31.6 Å². The van der Waals surface area contributed by atoms with Gasteiger partial charge in [-0.25, -0.2) is 0 Å². The summed E-state index contributed by atoms with van der Waals surface area (Å²) in [5.74, 6) is 0.719. The van der Waals surface area contributed by atoms with Crippen LogP contribution in [0.1, 0.15) is 47.2 Å². The molecule has 1 saturated heterocycles. The number of nitrogens with zero attached hydrogens (tertiary/aromatic N) is 1. The van der Waals surface area contributed by atoms with Crippen LogP contribution in [-0.4, -0.2) is 36.3 Å². The lowest BCUT2D eigenvalue weighted by atomic mass is 9.90. The van der Waals surface area contributed by atoms with E-state index >= 15 is 0 Å². The van der Waals surface area contributed by atoms with Crippen LogP contribution in [0, 0.1) is 12.8 Å². The maximum absolute atomic E-state index is 12.4. The fourth-order valence-electron chi connectivity index (χ4n) is 3.73. The second-order valence-electron chi connectivity index (χ2n) is 7.72. The lowest BCUT2D eigenvalue weighted by Crippen LogP contribution is -2.40. The smallest absolute Gasteiger partial charge is 0.251 e. The van der Waals surface area contributed by atoms with E-state index < -0.39 is 0 Å². The van der Waals surface area contributed by atoms with Crippen molar-refractivity contribution in [3.63, 3.8) is 0 Å². The molecule has 2 aromatic carbocycles. The Kier molecular flexibility index (Phi) is 7.24. The van der Waals surface area contributed by atoms with E-state index in [-0.39, 0.29) is 11.8 Å². The van der Waals surface area contributed by atoms with Gasteiger partial charge in [-0.1, -0.05) is 48.0 Å². The van der Waals surface area contributed by atoms with Crippen molar-refractivity contribution in [2.75, 3.05) is 19.6 Å². The number of piperidine rings is 1. The second kappa shape index (κ2) is 10.1. The van der Waals surface area contributed by atoms with Gasteiger partial charge in [0.2, 0.25) is 5.91 Å². The Hall–Kier alpha value is -2.62. The van der Waals surface area contributed by atoms with Crippen molar-refractivity contribution in [1.82, 2.24) is 10.2 Å². The van der Waals surface area contributed by atoms with Crippen LogP contribution in [0.2, 0.25) is 0 Å². The SMILES string of the molecule is Cc1ccc(CCC2CCN(C(=O)CCNC(=O)c3ccccc3)CC2)cc1. The number of amides is 2. The zero-order valence-electron chi connectivity index (χ0n) is 16.7. The van der Waals surface area contributed by atoms with Crippen LogP contribution in [0.5, 0.6) is 0 Å². The maximum Gasteiger partial charge on any atom is 0.251 e. The Bertz CT molecular complexity index is 763. The molecule has 28 heavy (non-hydrogen) atoms. The van der Waals surface area contributed by atoms with E-state index in [0.29, 0.717) is 24.4 Å². The molecule has 0 bridgehead atoms. The summed E-state index contributed by atoms with van der Waals surface area (Å²) in [6, 6.07) is 17.9. The molecule has 148 valence electrons. The molecular weight excluding hydrogens is 348 g/mol. The first-order valence-corrected chi connectivity index (χ1v) is 10.3. The lowest BCUT2D eigenvalue weighted by Gasteiger charge is -2.32. The fourth-order valence-corrected chi connectivity index (χ4v) is 3.73. The molecule has 1 heterocycles. The van der Waals surface area contributed by atoms with Crippen molar-refractivity contribution >= 4 is 11.8 Å². The molecule has 1 fully saturated rings. The van der Waals surface area contributed by atoms with Gasteiger partial charge >= 0.3 is 0 Å². The van der Waals surface area contributed by atoms with Crippen LogP contribution in [0.15, 0.2) is 54.6 Å². The third-order valence-electron chi connectivity index (χ3n) is 5.59. The van der Waals surface area contributed by atoms with Crippen molar-refractivity contribution < 1.29 is 9.59 Å². The first kappa shape index (κ1) is 20.1. The number of benzene rings is 2. The summed E-state index contributed by atoms with van der Waals surface area (Å²) in [6.45, 7) is 4.18. The summed E-state index contributed by atoms with van der Waals surface area (Å²) >= 11 is 0. The normalized spacial score (nSPS) is 14.7. The number of rotatable bonds is 7. The Morgan fingerprint density at radius 1 is 1.00 bits per heavy atom. The molecule has 0 aromatic heterocycles. The molecule has 1 aliphatic heterocycles. The number of nitrogens with one attached hydrogen (secondary N) is 1. The van der Waals surface area contributed by atoms with Gasteiger partial charge in [0.05, 0.1) is 0 Å². The number of carbonyl (C=O) groups is 2. The van der Waals surface area contributed by atoms with E-state index in [1.807, 2.05) is 23.1 Å². The van der Waals surface area contributed by atoms with Crippen molar-refractivity contribution in [3.8, 4) is 0 Å². The summed E-state index contributed by atoms with van der Waals surface area (Å²) in [6.07, 6.45) is 4.83. The highest BCUT2D eigenvalue weighted by atomic mass is 16.2. The minimum atomic E-state index is -0.122. The predicted octanol–water partition coefficient (Wildman–Crippen LogP) is 3.99. The fraction of sp³-hybridized carbons (Fsp3) is 0.417. The average molecular weight is 379 g/mol. The second-order valence-corrected chi connectivity index (χ2v) is 7.72. The Morgan fingerprint density at radius 2 is 1.68 bits per heavy atom. The largest absolute Gasteiger partial charge is 0.352 e.